The second-order valence-electron chi connectivity index (χ2n) is 7.49. The summed E-state index contributed by atoms with van der Waals surface area (Å²) in [5, 5.41) is 11.4. The lowest BCUT2D eigenvalue weighted by atomic mass is 10.1. The standard InChI is InChI=1S/C24H16F3N5O2S/c25-24(26,27)17-11-5-6-12-18(17)28-20(33)14-35-23-30-29-22-31(15-8-2-1-3-9-15)21(34)16-10-4-7-13-19(16)32(22)23/h1-13H,14H2,(H,28,33). The Kier molecular flexibility index (Phi) is 5.77. The van der Waals surface area contributed by atoms with Gasteiger partial charge in [-0.1, -0.05) is 54.2 Å². The van der Waals surface area contributed by atoms with Crippen molar-refractivity contribution in [3.8, 4) is 5.69 Å². The van der Waals surface area contributed by atoms with Crippen molar-refractivity contribution < 1.29 is 18.0 Å². The summed E-state index contributed by atoms with van der Waals surface area (Å²) in [6.45, 7) is 0. The van der Waals surface area contributed by atoms with E-state index in [-0.39, 0.29) is 22.8 Å². The van der Waals surface area contributed by atoms with Crippen molar-refractivity contribution in [2.45, 2.75) is 11.3 Å². The van der Waals surface area contributed by atoms with Gasteiger partial charge in [-0.3, -0.25) is 14.0 Å². The molecule has 1 amide bonds. The molecule has 0 saturated carbocycles. The number of amides is 1. The Morgan fingerprint density at radius 2 is 1.60 bits per heavy atom. The van der Waals surface area contributed by atoms with E-state index in [1.807, 2.05) is 6.07 Å². The molecule has 2 aromatic heterocycles. The van der Waals surface area contributed by atoms with Gasteiger partial charge < -0.3 is 5.32 Å². The van der Waals surface area contributed by atoms with Gasteiger partial charge in [0.25, 0.3) is 5.56 Å². The van der Waals surface area contributed by atoms with Crippen LogP contribution >= 0.6 is 11.8 Å². The maximum atomic E-state index is 13.3. The van der Waals surface area contributed by atoms with Crippen molar-refractivity contribution >= 4 is 40.0 Å². The van der Waals surface area contributed by atoms with Gasteiger partial charge in [0, 0.05) is 0 Å². The number of nitrogens with zero attached hydrogens (tertiary/aromatic N) is 4. The number of nitrogens with one attached hydrogen (secondary N) is 1. The molecule has 3 aromatic carbocycles. The molecule has 1 N–H and O–H groups in total. The van der Waals surface area contributed by atoms with E-state index in [1.54, 1.807) is 52.9 Å². The molecule has 35 heavy (non-hydrogen) atoms. The molecule has 0 bridgehead atoms. The number of anilines is 1. The maximum Gasteiger partial charge on any atom is 0.418 e. The Hall–Kier alpha value is -4.12. The number of alkyl halides is 3. The largest absolute Gasteiger partial charge is 0.418 e. The van der Waals surface area contributed by atoms with Crippen molar-refractivity contribution in [2.75, 3.05) is 11.1 Å². The highest BCUT2D eigenvalue weighted by molar-refractivity contribution is 7.99. The third-order valence-corrected chi connectivity index (χ3v) is 6.18. The van der Waals surface area contributed by atoms with Crippen LogP contribution in [0.15, 0.2) is 88.8 Å². The first-order valence-corrected chi connectivity index (χ1v) is 11.4. The van der Waals surface area contributed by atoms with E-state index >= 15 is 0 Å². The number of carbonyl (C=O) groups is 1. The van der Waals surface area contributed by atoms with E-state index in [4.69, 9.17) is 0 Å². The average molecular weight is 495 g/mol. The fourth-order valence-corrected chi connectivity index (χ4v) is 4.48. The number of benzene rings is 3. The first kappa shape index (κ1) is 22.7. The highest BCUT2D eigenvalue weighted by Gasteiger charge is 2.33. The predicted molar refractivity (Wildman–Crippen MR) is 127 cm³/mol. The number of hydrogen-bond donors (Lipinski definition) is 1. The number of thioether (sulfide) groups is 1. The van der Waals surface area contributed by atoms with E-state index in [2.05, 4.69) is 15.5 Å². The lowest BCUT2D eigenvalue weighted by Crippen LogP contribution is -2.22. The quantitative estimate of drug-likeness (QED) is 0.355. The van der Waals surface area contributed by atoms with Crippen LogP contribution in [0.1, 0.15) is 5.56 Å². The molecule has 0 aliphatic heterocycles. The smallest absolute Gasteiger partial charge is 0.325 e. The minimum absolute atomic E-state index is 0.216. The molecule has 0 atom stereocenters. The molecule has 0 unspecified atom stereocenters. The zero-order valence-corrected chi connectivity index (χ0v) is 18.7. The minimum atomic E-state index is -4.60. The van der Waals surface area contributed by atoms with Crippen molar-refractivity contribution in [1.82, 2.24) is 19.2 Å². The van der Waals surface area contributed by atoms with Crippen LogP contribution in [0.25, 0.3) is 22.4 Å². The van der Waals surface area contributed by atoms with Gasteiger partial charge in [0.2, 0.25) is 11.7 Å². The number of hydrogen-bond acceptors (Lipinski definition) is 5. The van der Waals surface area contributed by atoms with Crippen LogP contribution in [0.2, 0.25) is 0 Å². The number of aromatic nitrogens is 4. The number of fused-ring (bicyclic) bond motifs is 3. The summed E-state index contributed by atoms with van der Waals surface area (Å²) in [5.74, 6) is -0.597. The monoisotopic (exact) mass is 495 g/mol. The van der Waals surface area contributed by atoms with Crippen molar-refractivity contribution in [2.24, 2.45) is 0 Å². The zero-order chi connectivity index (χ0) is 24.6. The number of carbonyl (C=O) groups excluding carboxylic acids is 1. The van der Waals surface area contributed by atoms with Crippen LogP contribution in [0.4, 0.5) is 18.9 Å². The summed E-state index contributed by atoms with van der Waals surface area (Å²) in [7, 11) is 0. The van der Waals surface area contributed by atoms with Gasteiger partial charge in [-0.25, -0.2) is 4.57 Å². The summed E-state index contributed by atoms with van der Waals surface area (Å²) in [6.07, 6.45) is -4.60. The van der Waals surface area contributed by atoms with Crippen LogP contribution in [-0.4, -0.2) is 30.8 Å². The van der Waals surface area contributed by atoms with Crippen LogP contribution in [-0.2, 0) is 11.0 Å². The molecule has 0 spiro atoms. The lowest BCUT2D eigenvalue weighted by Gasteiger charge is -2.13. The molecule has 0 saturated heterocycles. The maximum absolute atomic E-state index is 13.3. The van der Waals surface area contributed by atoms with Gasteiger partial charge in [-0.2, -0.15) is 13.2 Å². The van der Waals surface area contributed by atoms with Gasteiger partial charge in [0.1, 0.15) is 0 Å². The topological polar surface area (TPSA) is 81.3 Å². The summed E-state index contributed by atoms with van der Waals surface area (Å²) in [4.78, 5) is 25.8. The van der Waals surface area contributed by atoms with Crippen LogP contribution < -0.4 is 10.9 Å². The van der Waals surface area contributed by atoms with Crippen LogP contribution in [0.5, 0.6) is 0 Å². The molecular formula is C24H16F3N5O2S. The first-order valence-electron chi connectivity index (χ1n) is 10.4. The summed E-state index contributed by atoms with van der Waals surface area (Å²) in [5.41, 5.74) is -0.373. The molecule has 0 fully saturated rings. The number of para-hydroxylation sites is 3. The molecule has 5 aromatic rings. The van der Waals surface area contributed by atoms with Gasteiger partial charge in [-0.05, 0) is 36.4 Å². The number of halogens is 3. The van der Waals surface area contributed by atoms with Crippen molar-refractivity contribution in [3.05, 3.63) is 94.8 Å². The Bertz CT molecular complexity index is 1610. The molecule has 0 radical (unpaired) electrons. The Balaban J connectivity index is 1.51. The Labute approximate surface area is 200 Å². The van der Waals surface area contributed by atoms with E-state index in [0.717, 1.165) is 17.8 Å². The highest BCUT2D eigenvalue weighted by Crippen LogP contribution is 2.34. The molecular weight excluding hydrogens is 479 g/mol. The molecule has 11 heteroatoms. The lowest BCUT2D eigenvalue weighted by molar-refractivity contribution is -0.137. The van der Waals surface area contributed by atoms with Gasteiger partial charge in [0.15, 0.2) is 5.16 Å². The Morgan fingerprint density at radius 3 is 2.37 bits per heavy atom. The van der Waals surface area contributed by atoms with E-state index < -0.39 is 17.6 Å². The van der Waals surface area contributed by atoms with Gasteiger partial charge >= 0.3 is 6.18 Å². The first-order chi connectivity index (χ1) is 16.8. The third-order valence-electron chi connectivity index (χ3n) is 5.25. The molecule has 7 nitrogen and oxygen atoms in total. The number of rotatable bonds is 5. The molecule has 5 rings (SSSR count). The van der Waals surface area contributed by atoms with Crippen molar-refractivity contribution in [3.63, 3.8) is 0 Å². The fourth-order valence-electron chi connectivity index (χ4n) is 3.74. The summed E-state index contributed by atoms with van der Waals surface area (Å²) >= 11 is 1.00. The fraction of sp³-hybridized carbons (Fsp3) is 0.0833. The SMILES string of the molecule is O=C(CSc1nnc2n(-c3ccccc3)c(=O)c3ccccc3n12)Nc1ccccc1C(F)(F)F. The van der Waals surface area contributed by atoms with Gasteiger partial charge in [-0.15, -0.1) is 10.2 Å². The zero-order valence-electron chi connectivity index (χ0n) is 17.9. The Morgan fingerprint density at radius 1 is 0.914 bits per heavy atom. The summed E-state index contributed by atoms with van der Waals surface area (Å²) in [6, 6.07) is 20.7. The normalized spacial score (nSPS) is 11.7. The molecule has 0 aliphatic carbocycles. The van der Waals surface area contributed by atoms with Crippen LogP contribution in [0.3, 0.4) is 0 Å². The van der Waals surface area contributed by atoms with E-state index in [9.17, 15) is 22.8 Å². The van der Waals surface area contributed by atoms with Crippen LogP contribution in [0, 0.1) is 0 Å². The van der Waals surface area contributed by atoms with E-state index in [0.29, 0.717) is 21.7 Å². The highest BCUT2D eigenvalue weighted by atomic mass is 32.2. The average Bonchev–Trinajstić information content (AvgIpc) is 3.27. The summed E-state index contributed by atoms with van der Waals surface area (Å²) < 4.78 is 42.8. The predicted octanol–water partition coefficient (Wildman–Crippen LogP) is 4.78. The minimum Gasteiger partial charge on any atom is -0.325 e. The van der Waals surface area contributed by atoms with E-state index in [1.165, 1.54) is 22.8 Å². The third kappa shape index (κ3) is 4.26. The molecule has 176 valence electrons. The van der Waals surface area contributed by atoms with Crippen molar-refractivity contribution in [1.29, 1.82) is 0 Å². The molecule has 0 aliphatic rings. The van der Waals surface area contributed by atoms with Gasteiger partial charge in [0.05, 0.1) is 33.6 Å². The molecule has 2 heterocycles. The second kappa shape index (κ2) is 8.91. The second-order valence-corrected chi connectivity index (χ2v) is 8.43.